The minimum absolute atomic E-state index is 0.334. The van der Waals surface area contributed by atoms with Gasteiger partial charge in [0.2, 0.25) is 0 Å². The second-order valence-corrected chi connectivity index (χ2v) is 8.49. The maximum atomic E-state index is 5.30. The lowest BCUT2D eigenvalue weighted by Crippen LogP contribution is -2.65. The Morgan fingerprint density at radius 2 is 1.95 bits per heavy atom. The summed E-state index contributed by atoms with van der Waals surface area (Å²) >= 11 is 0. The fourth-order valence-electron chi connectivity index (χ4n) is 4.24. The van der Waals surface area contributed by atoms with Gasteiger partial charge >= 0.3 is 0 Å². The number of hydrogen-bond acceptors (Lipinski definition) is 3. The van der Waals surface area contributed by atoms with Gasteiger partial charge in [0, 0.05) is 44.9 Å². The number of ether oxygens (including phenoxy) is 1. The van der Waals surface area contributed by atoms with Crippen molar-refractivity contribution in [2.24, 2.45) is 11.3 Å². The van der Waals surface area contributed by atoms with Crippen molar-refractivity contribution in [3.63, 3.8) is 0 Å². The molecule has 3 nitrogen and oxygen atoms in total. The van der Waals surface area contributed by atoms with Crippen molar-refractivity contribution in [2.45, 2.75) is 71.4 Å². The monoisotopic (exact) mass is 296 g/mol. The Morgan fingerprint density at radius 1 is 1.29 bits per heavy atom. The lowest BCUT2D eigenvalue weighted by Gasteiger charge is -2.50. The van der Waals surface area contributed by atoms with E-state index in [2.05, 4.69) is 37.9 Å². The molecular formula is C18H36N2O. The molecule has 124 valence electrons. The lowest BCUT2D eigenvalue weighted by atomic mass is 9.84. The van der Waals surface area contributed by atoms with E-state index < -0.39 is 0 Å². The molecule has 2 rings (SSSR count). The van der Waals surface area contributed by atoms with Gasteiger partial charge in [0.15, 0.2) is 0 Å². The third-order valence-corrected chi connectivity index (χ3v) is 5.61. The van der Waals surface area contributed by atoms with Crippen LogP contribution < -0.4 is 5.32 Å². The van der Waals surface area contributed by atoms with Gasteiger partial charge in [-0.3, -0.25) is 4.90 Å². The number of methoxy groups -OCH3 is 1. The number of piperazine rings is 1. The molecule has 3 heteroatoms. The summed E-state index contributed by atoms with van der Waals surface area (Å²) in [4.78, 5) is 2.79. The first kappa shape index (κ1) is 17.2. The fourth-order valence-corrected chi connectivity index (χ4v) is 4.24. The highest BCUT2D eigenvalue weighted by Crippen LogP contribution is 2.36. The zero-order valence-corrected chi connectivity index (χ0v) is 14.9. The Bertz CT molecular complexity index is 321. The van der Waals surface area contributed by atoms with Crippen LogP contribution in [-0.4, -0.2) is 49.8 Å². The summed E-state index contributed by atoms with van der Waals surface area (Å²) in [7, 11) is 1.81. The summed E-state index contributed by atoms with van der Waals surface area (Å²) in [5.41, 5.74) is 0.753. The Labute approximate surface area is 131 Å². The van der Waals surface area contributed by atoms with E-state index in [0.717, 1.165) is 25.5 Å². The molecule has 0 amide bonds. The third kappa shape index (κ3) is 4.43. The highest BCUT2D eigenvalue weighted by molar-refractivity contribution is 5.02. The number of nitrogens with zero attached hydrogens (tertiary/aromatic N) is 1. The van der Waals surface area contributed by atoms with E-state index in [1.54, 1.807) is 0 Å². The van der Waals surface area contributed by atoms with Crippen molar-refractivity contribution in [2.75, 3.05) is 33.4 Å². The Hall–Kier alpha value is -0.120. The molecule has 1 unspecified atom stereocenters. The SMILES string of the molecule is COCCC(C)(C)CN1CC2(CCCC2)NCC1C(C)C. The van der Waals surface area contributed by atoms with Crippen LogP contribution >= 0.6 is 0 Å². The van der Waals surface area contributed by atoms with E-state index in [0.29, 0.717) is 17.0 Å². The van der Waals surface area contributed by atoms with Crippen LogP contribution in [0.3, 0.4) is 0 Å². The average Bonchev–Trinajstić information content (AvgIpc) is 2.84. The van der Waals surface area contributed by atoms with Gasteiger partial charge in [0.05, 0.1) is 0 Å². The molecule has 1 N–H and O–H groups in total. The summed E-state index contributed by atoms with van der Waals surface area (Å²) in [6, 6.07) is 0.679. The normalized spacial score (nSPS) is 26.9. The molecule has 0 aromatic rings. The Kier molecular flexibility index (Phi) is 5.72. The first-order chi connectivity index (χ1) is 9.87. The quantitative estimate of drug-likeness (QED) is 0.814. The summed E-state index contributed by atoms with van der Waals surface area (Å²) in [5.74, 6) is 0.717. The van der Waals surface area contributed by atoms with E-state index in [9.17, 15) is 0 Å². The molecule has 0 bridgehead atoms. The fraction of sp³-hybridized carbons (Fsp3) is 1.00. The Morgan fingerprint density at radius 3 is 2.52 bits per heavy atom. The first-order valence-electron chi connectivity index (χ1n) is 8.86. The van der Waals surface area contributed by atoms with Gasteiger partial charge < -0.3 is 10.1 Å². The molecule has 21 heavy (non-hydrogen) atoms. The molecule has 0 aromatic carbocycles. The van der Waals surface area contributed by atoms with Crippen LogP contribution in [-0.2, 0) is 4.74 Å². The minimum Gasteiger partial charge on any atom is -0.385 e. The number of hydrogen-bond donors (Lipinski definition) is 1. The molecule has 1 heterocycles. The summed E-state index contributed by atoms with van der Waals surface area (Å²) < 4.78 is 5.30. The van der Waals surface area contributed by atoms with E-state index >= 15 is 0 Å². The van der Waals surface area contributed by atoms with Gasteiger partial charge in [0.25, 0.3) is 0 Å². The maximum Gasteiger partial charge on any atom is 0.0467 e. The molecule has 1 atom stereocenters. The van der Waals surface area contributed by atoms with Crippen molar-refractivity contribution in [3.8, 4) is 0 Å². The Balaban J connectivity index is 2.03. The maximum absolute atomic E-state index is 5.30. The van der Waals surface area contributed by atoms with Crippen LogP contribution in [0, 0.1) is 11.3 Å². The zero-order chi connectivity index (χ0) is 15.5. The second-order valence-electron chi connectivity index (χ2n) is 8.49. The van der Waals surface area contributed by atoms with E-state index in [1.807, 2.05) is 7.11 Å². The second kappa shape index (κ2) is 6.97. The molecule has 0 aromatic heterocycles. The molecule has 1 saturated heterocycles. The van der Waals surface area contributed by atoms with Crippen molar-refractivity contribution in [1.29, 1.82) is 0 Å². The van der Waals surface area contributed by atoms with E-state index in [4.69, 9.17) is 4.74 Å². The van der Waals surface area contributed by atoms with Crippen molar-refractivity contribution in [1.82, 2.24) is 10.2 Å². The smallest absolute Gasteiger partial charge is 0.0467 e. The van der Waals surface area contributed by atoms with Crippen molar-refractivity contribution >= 4 is 0 Å². The molecule has 1 spiro atoms. The molecule has 2 aliphatic rings. The zero-order valence-electron chi connectivity index (χ0n) is 14.9. The molecule has 1 saturated carbocycles. The molecule has 1 aliphatic heterocycles. The molecular weight excluding hydrogens is 260 g/mol. The predicted molar refractivity (Wildman–Crippen MR) is 89.7 cm³/mol. The highest BCUT2D eigenvalue weighted by Gasteiger charge is 2.42. The third-order valence-electron chi connectivity index (χ3n) is 5.61. The van der Waals surface area contributed by atoms with E-state index in [1.165, 1.54) is 38.8 Å². The standard InChI is InChI=1S/C18H36N2O/c1-15(2)16-12-19-18(8-6-7-9-18)14-20(16)13-17(3,4)10-11-21-5/h15-16,19H,6-14H2,1-5H3. The van der Waals surface area contributed by atoms with Gasteiger partial charge in [-0.05, 0) is 30.6 Å². The lowest BCUT2D eigenvalue weighted by molar-refractivity contribution is 0.0201. The van der Waals surface area contributed by atoms with Crippen LogP contribution in [0.15, 0.2) is 0 Å². The largest absolute Gasteiger partial charge is 0.385 e. The van der Waals surface area contributed by atoms with Gasteiger partial charge in [-0.15, -0.1) is 0 Å². The highest BCUT2D eigenvalue weighted by atomic mass is 16.5. The number of rotatable bonds is 6. The topological polar surface area (TPSA) is 24.5 Å². The van der Waals surface area contributed by atoms with Crippen LogP contribution in [0.1, 0.15) is 59.8 Å². The van der Waals surface area contributed by atoms with E-state index in [-0.39, 0.29) is 0 Å². The summed E-state index contributed by atoms with van der Waals surface area (Å²) in [6.07, 6.45) is 6.69. The molecule has 2 fully saturated rings. The van der Waals surface area contributed by atoms with Crippen LogP contribution in [0.25, 0.3) is 0 Å². The first-order valence-corrected chi connectivity index (χ1v) is 8.86. The molecule has 0 radical (unpaired) electrons. The van der Waals surface area contributed by atoms with Crippen LogP contribution in [0.4, 0.5) is 0 Å². The van der Waals surface area contributed by atoms with Crippen molar-refractivity contribution < 1.29 is 4.74 Å². The predicted octanol–water partition coefficient (Wildman–Crippen LogP) is 3.29. The number of nitrogens with one attached hydrogen (secondary N) is 1. The van der Waals surface area contributed by atoms with Gasteiger partial charge in [-0.2, -0.15) is 0 Å². The minimum atomic E-state index is 0.334. The van der Waals surface area contributed by atoms with Gasteiger partial charge in [-0.25, -0.2) is 0 Å². The van der Waals surface area contributed by atoms with Crippen LogP contribution in [0.2, 0.25) is 0 Å². The van der Waals surface area contributed by atoms with Gasteiger partial charge in [-0.1, -0.05) is 40.5 Å². The molecule has 1 aliphatic carbocycles. The average molecular weight is 296 g/mol. The summed E-state index contributed by atoms with van der Waals surface area (Å²) in [6.45, 7) is 14.0. The van der Waals surface area contributed by atoms with Gasteiger partial charge in [0.1, 0.15) is 0 Å². The van der Waals surface area contributed by atoms with Crippen molar-refractivity contribution in [3.05, 3.63) is 0 Å². The summed E-state index contributed by atoms with van der Waals surface area (Å²) in [5, 5.41) is 3.92. The van der Waals surface area contributed by atoms with Crippen LogP contribution in [0.5, 0.6) is 0 Å².